The smallest absolute Gasteiger partial charge is 0.458 e. The van der Waals surface area contributed by atoms with Crippen molar-refractivity contribution in [2.45, 2.75) is 103 Å². The molecule has 3 rings (SSSR count). The van der Waals surface area contributed by atoms with Crippen molar-refractivity contribution in [3.05, 3.63) is 36.3 Å². The summed E-state index contributed by atoms with van der Waals surface area (Å²) in [7, 11) is -0.687. The first-order valence-corrected chi connectivity index (χ1v) is 16.6. The monoisotopic (exact) mass is 542 g/mol. The van der Waals surface area contributed by atoms with E-state index in [1.54, 1.807) is 13.3 Å². The predicted molar refractivity (Wildman–Crippen MR) is 157 cm³/mol. The Balaban J connectivity index is 1.93. The van der Waals surface area contributed by atoms with Crippen LogP contribution in [0.15, 0.2) is 30.7 Å². The van der Waals surface area contributed by atoms with E-state index in [0.717, 1.165) is 23.1 Å². The van der Waals surface area contributed by atoms with Gasteiger partial charge in [0.2, 0.25) is 0 Å². The molecule has 0 aromatic carbocycles. The van der Waals surface area contributed by atoms with Crippen LogP contribution in [0.4, 0.5) is 0 Å². The normalized spacial score (nSPS) is 17.9. The van der Waals surface area contributed by atoms with Crippen LogP contribution in [0.3, 0.4) is 0 Å². The zero-order valence-electron chi connectivity index (χ0n) is 25.3. The lowest BCUT2D eigenvalue weighted by Crippen LogP contribution is -2.42. The van der Waals surface area contributed by atoms with Gasteiger partial charge in [0.05, 0.1) is 24.9 Å². The fraction of sp³-hybridized carbons (Fsp3) is 0.655. The van der Waals surface area contributed by atoms with E-state index in [0.29, 0.717) is 31.2 Å². The first-order valence-electron chi connectivity index (χ1n) is 13.7. The number of aromatic nitrogens is 2. The lowest BCUT2D eigenvalue weighted by Gasteiger charge is -2.37. The lowest BCUT2D eigenvalue weighted by atomic mass is 9.75. The molecular weight excluding hydrogens is 495 g/mol. The van der Waals surface area contributed by atoms with Crippen molar-refractivity contribution in [3.8, 4) is 22.8 Å². The van der Waals surface area contributed by atoms with Crippen LogP contribution in [0.25, 0.3) is 11.1 Å². The van der Waals surface area contributed by atoms with Gasteiger partial charge in [0, 0.05) is 42.2 Å². The second-order valence-corrected chi connectivity index (χ2v) is 17.6. The summed E-state index contributed by atoms with van der Waals surface area (Å²) in [6.07, 6.45) is 7.17. The quantitative estimate of drug-likeness (QED) is 0.280. The molecule has 3 heterocycles. The van der Waals surface area contributed by atoms with Gasteiger partial charge < -0.3 is 23.2 Å². The van der Waals surface area contributed by atoms with Gasteiger partial charge in [-0.15, -0.1) is 0 Å². The van der Waals surface area contributed by atoms with Crippen molar-refractivity contribution in [2.24, 2.45) is 0 Å². The van der Waals surface area contributed by atoms with Crippen LogP contribution in [0.1, 0.15) is 73.3 Å². The van der Waals surface area contributed by atoms with Gasteiger partial charge in [0.1, 0.15) is 0 Å². The molecule has 0 bridgehead atoms. The SMILES string of the molecule is CCCOc1cc(-c2cncc(C(CO[Si](C)(C)C(C)(C)C)CB3OC(C)(C)C(C)(C)O3)c2)cnc1OC. The fourth-order valence-corrected chi connectivity index (χ4v) is 5.07. The molecule has 2 aromatic heterocycles. The van der Waals surface area contributed by atoms with E-state index in [1.165, 1.54) is 0 Å². The summed E-state index contributed by atoms with van der Waals surface area (Å²) >= 11 is 0. The molecule has 0 aliphatic carbocycles. The lowest BCUT2D eigenvalue weighted by molar-refractivity contribution is 0.00578. The summed E-state index contributed by atoms with van der Waals surface area (Å²) in [5.41, 5.74) is 2.21. The third kappa shape index (κ3) is 6.97. The van der Waals surface area contributed by atoms with Crippen LogP contribution < -0.4 is 9.47 Å². The Kier molecular flexibility index (Phi) is 9.39. The molecule has 1 aliphatic heterocycles. The van der Waals surface area contributed by atoms with Crippen molar-refractivity contribution in [2.75, 3.05) is 20.3 Å². The van der Waals surface area contributed by atoms with Gasteiger partial charge in [-0.3, -0.25) is 4.98 Å². The van der Waals surface area contributed by atoms with Crippen molar-refractivity contribution >= 4 is 15.4 Å². The Morgan fingerprint density at radius 1 is 1.00 bits per heavy atom. The molecule has 7 nitrogen and oxygen atoms in total. The largest absolute Gasteiger partial charge is 0.488 e. The Hall–Kier alpha value is -1.94. The highest BCUT2D eigenvalue weighted by Crippen LogP contribution is 2.42. The Labute approximate surface area is 231 Å². The summed E-state index contributed by atoms with van der Waals surface area (Å²) in [5.74, 6) is 1.16. The highest BCUT2D eigenvalue weighted by molar-refractivity contribution is 6.74. The molecule has 0 saturated carbocycles. The van der Waals surface area contributed by atoms with E-state index in [1.807, 2.05) is 18.5 Å². The van der Waals surface area contributed by atoms with Crippen molar-refractivity contribution in [1.82, 2.24) is 9.97 Å². The molecule has 0 amide bonds. The number of hydrogen-bond acceptors (Lipinski definition) is 7. The molecule has 0 spiro atoms. The second kappa shape index (κ2) is 11.7. The average Bonchev–Trinajstić information content (AvgIpc) is 3.05. The molecular formula is C29H47BN2O5Si. The van der Waals surface area contributed by atoms with Gasteiger partial charge in [-0.05, 0) is 76.3 Å². The molecule has 1 atom stereocenters. The number of nitrogens with zero attached hydrogens (tertiary/aromatic N) is 2. The third-order valence-corrected chi connectivity index (χ3v) is 12.8. The summed E-state index contributed by atoms with van der Waals surface area (Å²) in [4.78, 5) is 9.09. The van der Waals surface area contributed by atoms with Gasteiger partial charge in [-0.2, -0.15) is 0 Å². The molecule has 9 heteroatoms. The van der Waals surface area contributed by atoms with Crippen LogP contribution >= 0.6 is 0 Å². The van der Waals surface area contributed by atoms with E-state index < -0.39 is 8.32 Å². The molecule has 2 aromatic rings. The molecule has 1 unspecified atom stereocenters. The zero-order chi connectivity index (χ0) is 28.4. The van der Waals surface area contributed by atoms with Crippen LogP contribution in [-0.2, 0) is 13.7 Å². The van der Waals surface area contributed by atoms with Crippen molar-refractivity contribution in [1.29, 1.82) is 0 Å². The number of ether oxygens (including phenoxy) is 2. The number of methoxy groups -OCH3 is 1. The van der Waals surface area contributed by atoms with Gasteiger partial charge in [0.25, 0.3) is 5.88 Å². The minimum absolute atomic E-state index is 0.0493. The number of rotatable bonds is 11. The first kappa shape index (κ1) is 30.6. The van der Waals surface area contributed by atoms with Crippen LogP contribution in [-0.4, -0.2) is 56.9 Å². The molecule has 1 aliphatic rings. The highest BCUT2D eigenvalue weighted by atomic mass is 28.4. The number of pyridine rings is 2. The minimum Gasteiger partial charge on any atom is -0.488 e. The van der Waals surface area contributed by atoms with Gasteiger partial charge in [0.15, 0.2) is 14.1 Å². The average molecular weight is 543 g/mol. The highest BCUT2D eigenvalue weighted by Gasteiger charge is 2.51. The van der Waals surface area contributed by atoms with E-state index in [4.69, 9.17) is 23.2 Å². The Bertz CT molecular complexity index is 1070. The molecule has 1 fully saturated rings. The van der Waals surface area contributed by atoms with Crippen LogP contribution in [0.2, 0.25) is 24.5 Å². The van der Waals surface area contributed by atoms with Gasteiger partial charge >= 0.3 is 7.12 Å². The maximum atomic E-state index is 6.72. The maximum Gasteiger partial charge on any atom is 0.458 e. The molecule has 38 heavy (non-hydrogen) atoms. The van der Waals surface area contributed by atoms with Crippen molar-refractivity contribution in [3.63, 3.8) is 0 Å². The van der Waals surface area contributed by atoms with Gasteiger partial charge in [-0.25, -0.2) is 4.98 Å². The molecule has 0 N–H and O–H groups in total. The first-order chi connectivity index (χ1) is 17.6. The predicted octanol–water partition coefficient (Wildman–Crippen LogP) is 7.14. The summed E-state index contributed by atoms with van der Waals surface area (Å²) < 4.78 is 30.8. The van der Waals surface area contributed by atoms with Crippen molar-refractivity contribution < 1.29 is 23.2 Å². The molecule has 210 valence electrons. The summed E-state index contributed by atoms with van der Waals surface area (Å²) in [6.45, 7) is 23.0. The summed E-state index contributed by atoms with van der Waals surface area (Å²) in [5, 5.41) is 0.117. The standard InChI is InChI=1S/C29H47BN2O5Si/c1-12-13-34-25-15-23(19-32-26(25)33-9)21-14-22(18-31-17-21)24(20-35-38(10,11)27(2,3)4)16-30-36-28(5,6)29(7,8)37-30/h14-15,17-19,24H,12-13,16,20H2,1-11H3. The topological polar surface area (TPSA) is 71.9 Å². The second-order valence-electron chi connectivity index (χ2n) is 12.8. The molecule has 0 radical (unpaired) electrons. The fourth-order valence-electron chi connectivity index (χ4n) is 4.02. The third-order valence-electron chi connectivity index (χ3n) is 8.27. The van der Waals surface area contributed by atoms with Gasteiger partial charge in [-0.1, -0.05) is 27.7 Å². The number of hydrogen-bond donors (Lipinski definition) is 0. The van der Waals surface area contributed by atoms with E-state index in [2.05, 4.69) is 84.5 Å². The van der Waals surface area contributed by atoms with Crippen LogP contribution in [0.5, 0.6) is 11.6 Å². The minimum atomic E-state index is -1.96. The maximum absolute atomic E-state index is 6.72. The van der Waals surface area contributed by atoms with E-state index in [-0.39, 0.29) is 29.3 Å². The van der Waals surface area contributed by atoms with Crippen LogP contribution in [0, 0.1) is 0 Å². The molecule has 1 saturated heterocycles. The van der Waals surface area contributed by atoms with E-state index in [9.17, 15) is 0 Å². The van der Waals surface area contributed by atoms with E-state index >= 15 is 0 Å². The Morgan fingerprint density at radius 3 is 2.21 bits per heavy atom. The Morgan fingerprint density at radius 2 is 1.63 bits per heavy atom. The zero-order valence-corrected chi connectivity index (χ0v) is 26.3. The summed E-state index contributed by atoms with van der Waals surface area (Å²) in [6, 6.07) is 4.14.